The monoisotopic (exact) mass is 280 g/mol. The lowest BCUT2D eigenvalue weighted by Gasteiger charge is -2.39. The van der Waals surface area contributed by atoms with Crippen molar-refractivity contribution < 1.29 is 30.7 Å². The van der Waals surface area contributed by atoms with E-state index in [0.717, 1.165) is 0 Å². The lowest BCUT2D eigenvalue weighted by molar-refractivity contribution is -0.364. The van der Waals surface area contributed by atoms with Crippen LogP contribution in [0.3, 0.4) is 0 Å². The van der Waals surface area contributed by atoms with E-state index in [9.17, 15) is 30.7 Å². The average Bonchev–Trinajstić information content (AvgIpc) is 2.55. The molecule has 1 fully saturated rings. The first kappa shape index (κ1) is 15.6. The van der Waals surface area contributed by atoms with Gasteiger partial charge in [0.25, 0.3) is 0 Å². The van der Waals surface area contributed by atoms with Gasteiger partial charge in [-0.2, -0.15) is 26.3 Å². The van der Waals surface area contributed by atoms with Gasteiger partial charge >= 0.3 is 18.0 Å². The van der Waals surface area contributed by atoms with Crippen LogP contribution in [0, 0.1) is 17.8 Å². The molecule has 3 unspecified atom stereocenters. The Labute approximate surface area is 101 Å². The van der Waals surface area contributed by atoms with E-state index in [1.54, 1.807) is 0 Å². The molecular formula is C11H15F7. The molecule has 0 bridgehead atoms. The molecule has 3 atom stereocenters. The van der Waals surface area contributed by atoms with Crippen molar-refractivity contribution in [2.24, 2.45) is 17.8 Å². The minimum Gasteiger partial charge on any atom is -0.223 e. The van der Waals surface area contributed by atoms with Gasteiger partial charge in [0.05, 0.1) is 0 Å². The number of rotatable bonds is 2. The Balaban J connectivity index is 3.27. The third-order valence-electron chi connectivity index (χ3n) is 3.92. The summed E-state index contributed by atoms with van der Waals surface area (Å²) in [6.45, 7) is 2.75. The minimum atomic E-state index is -5.93. The molecular weight excluding hydrogens is 265 g/mol. The van der Waals surface area contributed by atoms with Gasteiger partial charge in [0, 0.05) is 5.92 Å². The summed E-state index contributed by atoms with van der Waals surface area (Å²) in [6.07, 6.45) is -11.3. The summed E-state index contributed by atoms with van der Waals surface area (Å²) in [4.78, 5) is 0. The summed E-state index contributed by atoms with van der Waals surface area (Å²) >= 11 is 0. The normalized spacial score (nSPS) is 30.8. The molecule has 108 valence electrons. The number of halogens is 7. The summed E-state index contributed by atoms with van der Waals surface area (Å²) in [6, 6.07) is 0. The number of alkyl halides is 7. The molecule has 7 heteroatoms. The SMILES string of the molecule is CCC1CCC(C)C1C(F)(C(F)(F)F)C(F)(F)F. The van der Waals surface area contributed by atoms with E-state index in [0.29, 0.717) is 0 Å². The molecule has 0 aromatic heterocycles. The predicted octanol–water partition coefficient (Wildman–Crippen LogP) is 4.89. The molecule has 1 aliphatic carbocycles. The summed E-state index contributed by atoms with van der Waals surface area (Å²) in [5.41, 5.74) is -5.10. The van der Waals surface area contributed by atoms with Crippen LogP contribution in [0.15, 0.2) is 0 Å². The van der Waals surface area contributed by atoms with Crippen LogP contribution < -0.4 is 0 Å². The third-order valence-corrected chi connectivity index (χ3v) is 3.92. The van der Waals surface area contributed by atoms with Gasteiger partial charge in [0.15, 0.2) is 0 Å². The van der Waals surface area contributed by atoms with Crippen molar-refractivity contribution in [2.45, 2.75) is 51.1 Å². The van der Waals surface area contributed by atoms with E-state index in [4.69, 9.17) is 0 Å². The first-order valence-corrected chi connectivity index (χ1v) is 5.79. The van der Waals surface area contributed by atoms with Gasteiger partial charge in [0.1, 0.15) is 0 Å². The van der Waals surface area contributed by atoms with E-state index in [2.05, 4.69) is 0 Å². The van der Waals surface area contributed by atoms with Crippen molar-refractivity contribution in [3.05, 3.63) is 0 Å². The second-order valence-corrected chi connectivity index (χ2v) is 4.96. The van der Waals surface area contributed by atoms with Crippen LogP contribution >= 0.6 is 0 Å². The van der Waals surface area contributed by atoms with Crippen LogP contribution in [0.4, 0.5) is 30.7 Å². The number of hydrogen-bond acceptors (Lipinski definition) is 0. The van der Waals surface area contributed by atoms with Crippen LogP contribution in [-0.2, 0) is 0 Å². The van der Waals surface area contributed by atoms with Crippen molar-refractivity contribution in [3.8, 4) is 0 Å². The molecule has 0 aromatic carbocycles. The van der Waals surface area contributed by atoms with Crippen molar-refractivity contribution in [1.82, 2.24) is 0 Å². The largest absolute Gasteiger partial charge is 0.431 e. The second-order valence-electron chi connectivity index (χ2n) is 4.96. The Morgan fingerprint density at radius 2 is 1.33 bits per heavy atom. The van der Waals surface area contributed by atoms with Gasteiger partial charge < -0.3 is 0 Å². The van der Waals surface area contributed by atoms with Crippen molar-refractivity contribution in [2.75, 3.05) is 0 Å². The van der Waals surface area contributed by atoms with Crippen molar-refractivity contribution in [1.29, 1.82) is 0 Å². The zero-order valence-corrected chi connectivity index (χ0v) is 10.00. The van der Waals surface area contributed by atoms with Crippen LogP contribution in [0.5, 0.6) is 0 Å². The van der Waals surface area contributed by atoms with Crippen molar-refractivity contribution in [3.63, 3.8) is 0 Å². The van der Waals surface area contributed by atoms with Crippen LogP contribution in [0.1, 0.15) is 33.1 Å². The van der Waals surface area contributed by atoms with E-state index in [1.807, 2.05) is 0 Å². The van der Waals surface area contributed by atoms with E-state index in [-0.39, 0.29) is 19.3 Å². The quantitative estimate of drug-likeness (QED) is 0.632. The molecule has 0 heterocycles. The Bertz CT molecular complexity index is 277. The first-order valence-electron chi connectivity index (χ1n) is 5.79. The van der Waals surface area contributed by atoms with Crippen LogP contribution in [-0.4, -0.2) is 18.0 Å². The maximum atomic E-state index is 13.9. The number of hydrogen-bond donors (Lipinski definition) is 0. The molecule has 1 saturated carbocycles. The van der Waals surface area contributed by atoms with E-state index < -0.39 is 35.8 Å². The fraction of sp³-hybridized carbons (Fsp3) is 1.00. The Morgan fingerprint density at radius 3 is 1.67 bits per heavy atom. The van der Waals surface area contributed by atoms with Gasteiger partial charge in [-0.15, -0.1) is 0 Å². The summed E-state index contributed by atoms with van der Waals surface area (Å²) in [5, 5.41) is 0. The fourth-order valence-corrected chi connectivity index (χ4v) is 3.01. The zero-order valence-electron chi connectivity index (χ0n) is 10.00. The van der Waals surface area contributed by atoms with Crippen LogP contribution in [0.2, 0.25) is 0 Å². The Morgan fingerprint density at radius 1 is 0.889 bits per heavy atom. The van der Waals surface area contributed by atoms with E-state index >= 15 is 0 Å². The predicted molar refractivity (Wildman–Crippen MR) is 51.6 cm³/mol. The lowest BCUT2D eigenvalue weighted by Crippen LogP contribution is -2.60. The molecule has 0 aromatic rings. The lowest BCUT2D eigenvalue weighted by atomic mass is 9.75. The highest BCUT2D eigenvalue weighted by Gasteiger charge is 2.77. The highest BCUT2D eigenvalue weighted by atomic mass is 19.4. The highest BCUT2D eigenvalue weighted by Crippen LogP contribution is 2.58. The smallest absolute Gasteiger partial charge is 0.223 e. The zero-order chi connectivity index (χ0) is 14.4. The van der Waals surface area contributed by atoms with Gasteiger partial charge in [-0.3, -0.25) is 0 Å². The molecule has 18 heavy (non-hydrogen) atoms. The maximum Gasteiger partial charge on any atom is 0.431 e. The average molecular weight is 280 g/mol. The van der Waals surface area contributed by atoms with Crippen molar-refractivity contribution >= 4 is 0 Å². The molecule has 1 aliphatic rings. The molecule has 0 N–H and O–H groups in total. The van der Waals surface area contributed by atoms with E-state index in [1.165, 1.54) is 13.8 Å². The molecule has 0 amide bonds. The molecule has 0 nitrogen and oxygen atoms in total. The van der Waals surface area contributed by atoms with Gasteiger partial charge in [-0.05, 0) is 18.3 Å². The van der Waals surface area contributed by atoms with Gasteiger partial charge in [0.2, 0.25) is 0 Å². The summed E-state index contributed by atoms with van der Waals surface area (Å²) in [7, 11) is 0. The minimum absolute atomic E-state index is 0.118. The van der Waals surface area contributed by atoms with Crippen LogP contribution in [0.25, 0.3) is 0 Å². The fourth-order valence-electron chi connectivity index (χ4n) is 3.01. The molecule has 0 radical (unpaired) electrons. The summed E-state index contributed by atoms with van der Waals surface area (Å²) < 4.78 is 89.8. The molecule has 0 spiro atoms. The molecule has 0 aliphatic heterocycles. The first-order chi connectivity index (χ1) is 7.96. The second kappa shape index (κ2) is 4.56. The Hall–Kier alpha value is -0.490. The highest BCUT2D eigenvalue weighted by molar-refractivity contribution is 5.05. The van der Waals surface area contributed by atoms with Gasteiger partial charge in [-0.25, -0.2) is 4.39 Å². The maximum absolute atomic E-state index is 13.9. The topological polar surface area (TPSA) is 0 Å². The molecule has 0 saturated heterocycles. The summed E-state index contributed by atoms with van der Waals surface area (Å²) in [5.74, 6) is -3.85. The standard InChI is InChI=1S/C11H15F7/c1-3-7-5-4-6(2)8(7)9(12,10(13,14)15)11(16,17)18/h6-8H,3-5H2,1-2H3. The third kappa shape index (κ3) is 2.20. The Kier molecular flexibility index (Phi) is 3.94. The van der Waals surface area contributed by atoms with Gasteiger partial charge in [-0.1, -0.05) is 26.7 Å². The molecule has 1 rings (SSSR count).